The maximum atomic E-state index is 5.64. The van der Waals surface area contributed by atoms with Crippen molar-refractivity contribution in [2.75, 3.05) is 0 Å². The second-order valence-electron chi connectivity index (χ2n) is 3.37. The predicted octanol–water partition coefficient (Wildman–Crippen LogP) is 3.29. The summed E-state index contributed by atoms with van der Waals surface area (Å²) in [5.74, 6) is 6.61. The van der Waals surface area contributed by atoms with Gasteiger partial charge >= 0.3 is 0 Å². The summed E-state index contributed by atoms with van der Waals surface area (Å²) in [6.45, 7) is 0.408. The summed E-state index contributed by atoms with van der Waals surface area (Å²) in [6, 6.07) is 17.3. The van der Waals surface area contributed by atoms with Gasteiger partial charge in [0.1, 0.15) is 11.5 Å². The van der Waals surface area contributed by atoms with E-state index in [1.165, 1.54) is 0 Å². The van der Waals surface area contributed by atoms with Crippen LogP contribution in [0.2, 0.25) is 0 Å². The van der Waals surface area contributed by atoms with E-state index in [-0.39, 0.29) is 12.4 Å². The summed E-state index contributed by atoms with van der Waals surface area (Å²) in [5, 5.41) is 0. The Morgan fingerprint density at radius 3 is 2.00 bits per heavy atom. The van der Waals surface area contributed by atoms with Crippen LogP contribution < -0.4 is 10.6 Å². The lowest BCUT2D eigenvalue weighted by Gasteiger charge is -2.06. The lowest BCUT2D eigenvalue weighted by atomic mass is 10.2. The second-order valence-corrected chi connectivity index (χ2v) is 3.37. The van der Waals surface area contributed by atoms with E-state index in [0.717, 1.165) is 17.1 Å². The number of rotatable bonds is 4. The quantitative estimate of drug-likeness (QED) is 0.848. The van der Waals surface area contributed by atoms with Gasteiger partial charge in [0.15, 0.2) is 0 Å². The van der Waals surface area contributed by atoms with Gasteiger partial charge in [-0.15, -0.1) is 12.4 Å². The predicted molar refractivity (Wildman–Crippen MR) is 69.2 cm³/mol. The highest BCUT2D eigenvalue weighted by Crippen LogP contribution is 2.21. The summed E-state index contributed by atoms with van der Waals surface area (Å²) in [4.78, 5) is 4.55. The van der Waals surface area contributed by atoms with Gasteiger partial charge < -0.3 is 4.74 Å². The molecule has 0 aliphatic rings. The largest absolute Gasteiger partial charge is 0.457 e. The summed E-state index contributed by atoms with van der Waals surface area (Å²) in [6.07, 6.45) is 0. The highest BCUT2D eigenvalue weighted by Gasteiger charge is 1.97. The number of ether oxygens (including phenoxy) is 1. The molecule has 4 heteroatoms. The molecule has 2 N–H and O–H groups in total. The van der Waals surface area contributed by atoms with Crippen LogP contribution in [0.1, 0.15) is 5.56 Å². The van der Waals surface area contributed by atoms with Gasteiger partial charge in [-0.25, -0.2) is 5.90 Å². The van der Waals surface area contributed by atoms with Gasteiger partial charge in [-0.1, -0.05) is 30.3 Å². The highest BCUT2D eigenvalue weighted by atomic mass is 35.5. The zero-order valence-electron chi connectivity index (χ0n) is 9.21. The van der Waals surface area contributed by atoms with Crippen molar-refractivity contribution in [3.63, 3.8) is 0 Å². The molecule has 0 amide bonds. The van der Waals surface area contributed by atoms with Crippen molar-refractivity contribution < 1.29 is 9.57 Å². The van der Waals surface area contributed by atoms with Crippen LogP contribution in [0.15, 0.2) is 54.6 Å². The SMILES string of the molecule is Cl.NOCc1ccc(Oc2ccccc2)cc1. The molecule has 2 aromatic carbocycles. The zero-order chi connectivity index (χ0) is 11.2. The van der Waals surface area contributed by atoms with E-state index >= 15 is 0 Å². The number of hydrogen-bond donors (Lipinski definition) is 1. The Kier molecular flexibility index (Phi) is 5.49. The monoisotopic (exact) mass is 251 g/mol. The fourth-order valence-electron chi connectivity index (χ4n) is 1.37. The molecule has 0 aliphatic heterocycles. The van der Waals surface area contributed by atoms with Crippen LogP contribution in [0.4, 0.5) is 0 Å². The van der Waals surface area contributed by atoms with Crippen molar-refractivity contribution in [1.82, 2.24) is 0 Å². The molecule has 0 saturated heterocycles. The molecular formula is C13H14ClNO2. The fraction of sp³-hybridized carbons (Fsp3) is 0.0769. The van der Waals surface area contributed by atoms with Crippen molar-refractivity contribution in [2.24, 2.45) is 5.90 Å². The summed E-state index contributed by atoms with van der Waals surface area (Å²) >= 11 is 0. The van der Waals surface area contributed by atoms with E-state index in [1.807, 2.05) is 54.6 Å². The third-order valence-electron chi connectivity index (χ3n) is 2.15. The third-order valence-corrected chi connectivity index (χ3v) is 2.15. The molecule has 0 fully saturated rings. The van der Waals surface area contributed by atoms with Crippen LogP contribution in [-0.2, 0) is 11.4 Å². The van der Waals surface area contributed by atoms with Crippen molar-refractivity contribution in [3.05, 3.63) is 60.2 Å². The highest BCUT2D eigenvalue weighted by molar-refractivity contribution is 5.85. The Bertz CT molecular complexity index is 431. The molecule has 3 nitrogen and oxygen atoms in total. The topological polar surface area (TPSA) is 44.5 Å². The van der Waals surface area contributed by atoms with Crippen molar-refractivity contribution in [3.8, 4) is 11.5 Å². The zero-order valence-corrected chi connectivity index (χ0v) is 10.0. The van der Waals surface area contributed by atoms with Crippen LogP contribution >= 0.6 is 12.4 Å². The van der Waals surface area contributed by atoms with Gasteiger partial charge in [-0.05, 0) is 29.8 Å². The minimum atomic E-state index is 0. The molecule has 0 aromatic heterocycles. The van der Waals surface area contributed by atoms with Crippen LogP contribution in [-0.4, -0.2) is 0 Å². The van der Waals surface area contributed by atoms with Crippen LogP contribution in [0.25, 0.3) is 0 Å². The number of para-hydroxylation sites is 1. The Labute approximate surface area is 107 Å². The maximum Gasteiger partial charge on any atom is 0.127 e. The smallest absolute Gasteiger partial charge is 0.127 e. The van der Waals surface area contributed by atoms with E-state index in [2.05, 4.69) is 4.84 Å². The first kappa shape index (κ1) is 13.5. The minimum Gasteiger partial charge on any atom is -0.457 e. The molecule has 0 heterocycles. The summed E-state index contributed by atoms with van der Waals surface area (Å²) < 4.78 is 5.64. The second kappa shape index (κ2) is 6.91. The van der Waals surface area contributed by atoms with Crippen molar-refractivity contribution in [2.45, 2.75) is 6.61 Å². The molecular weight excluding hydrogens is 238 g/mol. The molecule has 0 atom stereocenters. The first-order valence-electron chi connectivity index (χ1n) is 5.02. The Balaban J connectivity index is 0.00000144. The first-order chi connectivity index (χ1) is 7.88. The molecule has 0 aliphatic carbocycles. The fourth-order valence-corrected chi connectivity index (χ4v) is 1.37. The summed E-state index contributed by atoms with van der Waals surface area (Å²) in [7, 11) is 0. The average Bonchev–Trinajstić information content (AvgIpc) is 2.33. The molecule has 0 spiro atoms. The van der Waals surface area contributed by atoms with Gasteiger partial charge in [0, 0.05) is 0 Å². The van der Waals surface area contributed by atoms with Gasteiger partial charge in [-0.3, -0.25) is 4.84 Å². The van der Waals surface area contributed by atoms with Crippen LogP contribution in [0.5, 0.6) is 11.5 Å². The van der Waals surface area contributed by atoms with Gasteiger partial charge in [0.2, 0.25) is 0 Å². The number of benzene rings is 2. The lowest BCUT2D eigenvalue weighted by molar-refractivity contribution is 0.124. The van der Waals surface area contributed by atoms with E-state index in [0.29, 0.717) is 6.61 Å². The maximum absolute atomic E-state index is 5.64. The molecule has 0 radical (unpaired) electrons. The number of halogens is 1. The molecule has 0 bridgehead atoms. The lowest BCUT2D eigenvalue weighted by Crippen LogP contribution is -1.98. The molecule has 90 valence electrons. The van der Waals surface area contributed by atoms with Crippen LogP contribution in [0, 0.1) is 0 Å². The van der Waals surface area contributed by atoms with E-state index in [1.54, 1.807) is 0 Å². The normalized spacial score (nSPS) is 9.47. The third kappa shape index (κ3) is 4.07. The number of nitrogens with two attached hydrogens (primary N) is 1. The number of hydrogen-bond acceptors (Lipinski definition) is 3. The summed E-state index contributed by atoms with van der Waals surface area (Å²) in [5.41, 5.74) is 1.02. The van der Waals surface area contributed by atoms with Gasteiger partial charge in [0.25, 0.3) is 0 Å². The molecule has 2 rings (SSSR count). The minimum absolute atomic E-state index is 0. The molecule has 0 saturated carbocycles. The van der Waals surface area contributed by atoms with Crippen LogP contribution in [0.3, 0.4) is 0 Å². The molecule has 0 unspecified atom stereocenters. The van der Waals surface area contributed by atoms with Gasteiger partial charge in [0.05, 0.1) is 6.61 Å². The van der Waals surface area contributed by atoms with E-state index in [9.17, 15) is 0 Å². The Hall–Kier alpha value is -1.55. The standard InChI is InChI=1S/C13H13NO2.ClH/c14-15-10-11-6-8-13(9-7-11)16-12-4-2-1-3-5-12;/h1-9H,10,14H2;1H. The van der Waals surface area contributed by atoms with Crippen molar-refractivity contribution >= 4 is 12.4 Å². The first-order valence-corrected chi connectivity index (χ1v) is 5.02. The van der Waals surface area contributed by atoms with E-state index in [4.69, 9.17) is 10.6 Å². The van der Waals surface area contributed by atoms with E-state index < -0.39 is 0 Å². The molecule has 17 heavy (non-hydrogen) atoms. The van der Waals surface area contributed by atoms with Gasteiger partial charge in [-0.2, -0.15) is 0 Å². The Morgan fingerprint density at radius 1 is 0.824 bits per heavy atom. The average molecular weight is 252 g/mol. The molecule has 2 aromatic rings. The van der Waals surface area contributed by atoms with Crippen molar-refractivity contribution in [1.29, 1.82) is 0 Å². The Morgan fingerprint density at radius 2 is 1.41 bits per heavy atom.